The third-order valence-corrected chi connectivity index (χ3v) is 6.18. The maximum Gasteiger partial charge on any atom is 0.411 e. The molecule has 0 atom stereocenters. The molecule has 10 nitrogen and oxygen atoms in total. The summed E-state index contributed by atoms with van der Waals surface area (Å²) < 4.78 is 6.82. The highest BCUT2D eigenvalue weighted by Gasteiger charge is 2.49. The molecule has 1 saturated heterocycles. The number of hydrogen-bond donors (Lipinski definition) is 3. The number of anilines is 1. The van der Waals surface area contributed by atoms with E-state index in [4.69, 9.17) is 9.84 Å². The number of carbonyl (C=O) groups excluding carboxylic acids is 2. The zero-order chi connectivity index (χ0) is 23.9. The summed E-state index contributed by atoms with van der Waals surface area (Å²) in [6.07, 6.45) is 2.22. The number of aliphatic carboxylic acids is 1. The van der Waals surface area contributed by atoms with E-state index in [9.17, 15) is 19.5 Å². The molecule has 1 aliphatic carbocycles. The van der Waals surface area contributed by atoms with Gasteiger partial charge in [0, 0.05) is 12.1 Å². The molecular formula is C24H22N4O6. The first kappa shape index (κ1) is 21.7. The summed E-state index contributed by atoms with van der Waals surface area (Å²) in [7, 11) is 0. The quantitative estimate of drug-likeness (QED) is 0.509. The second kappa shape index (κ2) is 8.31. The van der Waals surface area contributed by atoms with Gasteiger partial charge in [-0.05, 0) is 22.3 Å². The molecular weight excluding hydrogens is 440 g/mol. The van der Waals surface area contributed by atoms with Crippen LogP contribution in [-0.4, -0.2) is 68.2 Å². The maximum absolute atomic E-state index is 12.4. The van der Waals surface area contributed by atoms with Crippen LogP contribution in [0.25, 0.3) is 11.1 Å². The van der Waals surface area contributed by atoms with E-state index in [2.05, 4.69) is 22.5 Å². The van der Waals surface area contributed by atoms with Crippen molar-refractivity contribution in [3.8, 4) is 11.1 Å². The van der Waals surface area contributed by atoms with Crippen molar-refractivity contribution >= 4 is 23.7 Å². The van der Waals surface area contributed by atoms with Crippen molar-refractivity contribution in [3.05, 3.63) is 72.1 Å². The van der Waals surface area contributed by atoms with Gasteiger partial charge in [-0.3, -0.25) is 14.8 Å². The lowest BCUT2D eigenvalue weighted by Gasteiger charge is -2.43. The van der Waals surface area contributed by atoms with Gasteiger partial charge in [-0.25, -0.2) is 9.59 Å². The number of carboxylic acid groups (broad SMARTS) is 1. The predicted octanol–water partition coefficient (Wildman–Crippen LogP) is 1.90. The number of carbonyl (C=O) groups is 3. The zero-order valence-electron chi connectivity index (χ0n) is 18.0. The van der Waals surface area contributed by atoms with Gasteiger partial charge < -0.3 is 19.8 Å². The van der Waals surface area contributed by atoms with E-state index in [-0.39, 0.29) is 38.1 Å². The van der Waals surface area contributed by atoms with Crippen molar-refractivity contribution in [2.24, 2.45) is 0 Å². The topological polar surface area (TPSA) is 134 Å². The van der Waals surface area contributed by atoms with Crippen LogP contribution in [0, 0.1) is 0 Å². The lowest BCUT2D eigenvalue weighted by Crippen LogP contribution is -2.67. The molecule has 3 N–H and O–H groups in total. The molecule has 3 aromatic rings. The standard InChI is InChI=1S/C24H22N4O6/c29-21(27-13-24(33,14-27)22(30)31)11-28-10-15(9-25-28)26-23(32)34-12-20-18-7-3-1-5-16(18)17-6-2-4-8-19(17)20/h1-10,20,33H,11-14H2,(H,26,32)(H,30,31). The van der Waals surface area contributed by atoms with E-state index in [1.165, 1.54) is 22.0 Å². The Morgan fingerprint density at radius 2 is 1.68 bits per heavy atom. The van der Waals surface area contributed by atoms with Crippen LogP contribution in [0.1, 0.15) is 17.0 Å². The normalized spacial score (nSPS) is 15.7. The summed E-state index contributed by atoms with van der Waals surface area (Å²) in [6, 6.07) is 16.1. The van der Waals surface area contributed by atoms with Gasteiger partial charge in [0.15, 0.2) is 5.60 Å². The Labute approximate surface area is 194 Å². The zero-order valence-corrected chi connectivity index (χ0v) is 18.0. The van der Waals surface area contributed by atoms with E-state index in [1.54, 1.807) is 0 Å². The number of ether oxygens (including phenoxy) is 1. The molecule has 34 heavy (non-hydrogen) atoms. The number of hydrogen-bond acceptors (Lipinski definition) is 6. The molecule has 0 bridgehead atoms. The van der Waals surface area contributed by atoms with Gasteiger partial charge in [0.2, 0.25) is 5.91 Å². The second-order valence-electron chi connectivity index (χ2n) is 8.46. The Balaban J connectivity index is 1.15. The molecule has 10 heteroatoms. The van der Waals surface area contributed by atoms with E-state index in [0.717, 1.165) is 22.3 Å². The SMILES string of the molecule is O=C(Nc1cnn(CC(=O)N2CC(O)(C(=O)O)C2)c1)OCC1c2ccccc2-c2ccccc21. The van der Waals surface area contributed by atoms with Crippen molar-refractivity contribution in [1.82, 2.24) is 14.7 Å². The summed E-state index contributed by atoms with van der Waals surface area (Å²) in [6.45, 7) is -0.517. The minimum atomic E-state index is -1.89. The lowest BCUT2D eigenvalue weighted by molar-refractivity contribution is -0.182. The van der Waals surface area contributed by atoms with Gasteiger partial charge in [-0.1, -0.05) is 48.5 Å². The first-order valence-corrected chi connectivity index (χ1v) is 10.7. The number of nitrogens with zero attached hydrogens (tertiary/aromatic N) is 3. The Bertz CT molecular complexity index is 1230. The Morgan fingerprint density at radius 1 is 1.06 bits per heavy atom. The van der Waals surface area contributed by atoms with Crippen LogP contribution >= 0.6 is 0 Å². The van der Waals surface area contributed by atoms with Crippen LogP contribution in [0.2, 0.25) is 0 Å². The molecule has 2 aromatic carbocycles. The number of carboxylic acids is 1. The number of amides is 2. The number of aromatic nitrogens is 2. The molecule has 0 spiro atoms. The lowest BCUT2D eigenvalue weighted by atomic mass is 9.94. The minimum absolute atomic E-state index is 0.0560. The third-order valence-electron chi connectivity index (χ3n) is 6.18. The summed E-state index contributed by atoms with van der Waals surface area (Å²) in [5, 5.41) is 25.3. The molecule has 0 radical (unpaired) electrons. The molecule has 2 aliphatic rings. The number of likely N-dealkylation sites (tertiary alicyclic amines) is 1. The molecule has 1 aliphatic heterocycles. The number of nitrogens with one attached hydrogen (secondary N) is 1. The van der Waals surface area contributed by atoms with Crippen molar-refractivity contribution < 1.29 is 29.3 Å². The monoisotopic (exact) mass is 462 g/mol. The minimum Gasteiger partial charge on any atom is -0.479 e. The largest absolute Gasteiger partial charge is 0.479 e. The fourth-order valence-electron chi connectivity index (χ4n) is 4.40. The van der Waals surface area contributed by atoms with E-state index < -0.39 is 17.7 Å². The summed E-state index contributed by atoms with van der Waals surface area (Å²) >= 11 is 0. The van der Waals surface area contributed by atoms with Crippen molar-refractivity contribution in [1.29, 1.82) is 0 Å². The average molecular weight is 462 g/mol. The van der Waals surface area contributed by atoms with Gasteiger partial charge in [0.1, 0.15) is 13.2 Å². The second-order valence-corrected chi connectivity index (χ2v) is 8.46. The highest BCUT2D eigenvalue weighted by atomic mass is 16.5. The van der Waals surface area contributed by atoms with Gasteiger partial charge in [0.25, 0.3) is 0 Å². The number of aliphatic hydroxyl groups is 1. The van der Waals surface area contributed by atoms with Crippen LogP contribution in [0.4, 0.5) is 10.5 Å². The van der Waals surface area contributed by atoms with Crippen LogP contribution < -0.4 is 5.32 Å². The summed E-state index contributed by atoms with van der Waals surface area (Å²) in [5.41, 5.74) is 2.98. The summed E-state index contributed by atoms with van der Waals surface area (Å²) in [5.74, 6) is -1.80. The molecule has 1 aromatic heterocycles. The molecule has 2 heterocycles. The molecule has 0 saturated carbocycles. The fraction of sp³-hybridized carbons (Fsp3) is 0.250. The van der Waals surface area contributed by atoms with Gasteiger partial charge >= 0.3 is 12.1 Å². The number of rotatable bonds is 6. The molecule has 1 fully saturated rings. The predicted molar refractivity (Wildman–Crippen MR) is 120 cm³/mol. The van der Waals surface area contributed by atoms with E-state index in [1.807, 2.05) is 36.4 Å². The van der Waals surface area contributed by atoms with E-state index in [0.29, 0.717) is 5.69 Å². The van der Waals surface area contributed by atoms with Crippen molar-refractivity contribution in [2.45, 2.75) is 18.1 Å². The Hall–Kier alpha value is -4.18. The first-order valence-electron chi connectivity index (χ1n) is 10.7. The van der Waals surface area contributed by atoms with E-state index >= 15 is 0 Å². The average Bonchev–Trinajstić information content (AvgIpc) is 3.37. The molecule has 0 unspecified atom stereocenters. The molecule has 5 rings (SSSR count). The van der Waals surface area contributed by atoms with Crippen LogP contribution in [-0.2, 0) is 20.9 Å². The summed E-state index contributed by atoms with van der Waals surface area (Å²) in [4.78, 5) is 36.8. The van der Waals surface area contributed by atoms with Crippen LogP contribution in [0.3, 0.4) is 0 Å². The van der Waals surface area contributed by atoms with Gasteiger partial charge in [0.05, 0.1) is 25.0 Å². The maximum atomic E-state index is 12.4. The number of β-amino-alcohol motifs (C(OH)–C–C–N with tert-alkyl or cyclic N) is 1. The van der Waals surface area contributed by atoms with Crippen LogP contribution in [0.15, 0.2) is 60.9 Å². The Kier molecular flexibility index (Phi) is 5.29. The fourth-order valence-corrected chi connectivity index (χ4v) is 4.40. The van der Waals surface area contributed by atoms with Gasteiger partial charge in [-0.2, -0.15) is 5.10 Å². The van der Waals surface area contributed by atoms with Crippen molar-refractivity contribution in [2.75, 3.05) is 25.0 Å². The molecule has 174 valence electrons. The highest BCUT2D eigenvalue weighted by Crippen LogP contribution is 2.44. The molecule has 2 amide bonds. The first-order chi connectivity index (χ1) is 16.3. The number of benzene rings is 2. The smallest absolute Gasteiger partial charge is 0.411 e. The third kappa shape index (κ3) is 3.88. The number of fused-ring (bicyclic) bond motifs is 3. The van der Waals surface area contributed by atoms with Crippen LogP contribution in [0.5, 0.6) is 0 Å². The Morgan fingerprint density at radius 3 is 2.29 bits per heavy atom. The highest BCUT2D eigenvalue weighted by molar-refractivity contribution is 5.86. The van der Waals surface area contributed by atoms with Crippen molar-refractivity contribution in [3.63, 3.8) is 0 Å². The van der Waals surface area contributed by atoms with Gasteiger partial charge in [-0.15, -0.1) is 0 Å².